The predicted molar refractivity (Wildman–Crippen MR) is 106 cm³/mol. The molecule has 0 spiro atoms. The normalized spacial score (nSPS) is 10.9. The van der Waals surface area contributed by atoms with E-state index in [9.17, 15) is 10.1 Å². The minimum absolute atomic E-state index is 0.117. The van der Waals surface area contributed by atoms with Crippen molar-refractivity contribution in [2.45, 2.75) is 0 Å². The lowest BCUT2D eigenvalue weighted by Gasteiger charge is -2.14. The van der Waals surface area contributed by atoms with E-state index in [-0.39, 0.29) is 17.2 Å². The molecule has 0 bridgehead atoms. The fourth-order valence-corrected chi connectivity index (χ4v) is 2.64. The maximum Gasteiger partial charge on any atom is 0.216 e. The van der Waals surface area contributed by atoms with Crippen LogP contribution in [0, 0.1) is 11.3 Å². The third kappa shape index (κ3) is 4.34. The van der Waals surface area contributed by atoms with Crippen molar-refractivity contribution in [3.05, 3.63) is 64.6 Å². The number of aromatic amines is 1. The summed E-state index contributed by atoms with van der Waals surface area (Å²) in [5.74, 6) is 0.648. The van der Waals surface area contributed by atoms with Gasteiger partial charge in [-0.25, -0.2) is 0 Å². The number of hydrogen-bond acceptors (Lipinski definition) is 8. The molecule has 146 valence electrons. The molecule has 29 heavy (non-hydrogen) atoms. The zero-order valence-corrected chi connectivity index (χ0v) is 16.2. The molecule has 0 aliphatic rings. The fraction of sp³-hybridized carbons (Fsp3) is 0.105. The van der Waals surface area contributed by atoms with E-state index in [0.717, 1.165) is 0 Å². The van der Waals surface area contributed by atoms with Gasteiger partial charge < -0.3 is 14.8 Å². The molecule has 0 atom stereocenters. The Kier molecular flexibility index (Phi) is 6.06. The minimum atomic E-state index is -0.267. The molecule has 0 aliphatic heterocycles. The van der Waals surface area contributed by atoms with Crippen LogP contribution in [0.25, 0.3) is 5.57 Å². The minimum Gasteiger partial charge on any atom is -0.493 e. The van der Waals surface area contributed by atoms with E-state index < -0.39 is 0 Å². The van der Waals surface area contributed by atoms with Crippen LogP contribution in [0.1, 0.15) is 21.7 Å². The molecule has 0 radical (unpaired) electrons. The molecule has 2 aromatic carbocycles. The highest BCUT2D eigenvalue weighted by Crippen LogP contribution is 2.35. The maximum absolute atomic E-state index is 13.1. The second-order valence-corrected chi connectivity index (χ2v) is 6.07. The highest BCUT2D eigenvalue weighted by Gasteiger charge is 2.18. The Labute approximate surface area is 170 Å². The summed E-state index contributed by atoms with van der Waals surface area (Å²) >= 11 is 5.91. The second-order valence-electron chi connectivity index (χ2n) is 5.64. The van der Waals surface area contributed by atoms with Crippen molar-refractivity contribution in [2.75, 3.05) is 19.5 Å². The molecule has 0 saturated heterocycles. The van der Waals surface area contributed by atoms with Crippen molar-refractivity contribution < 1.29 is 14.3 Å². The zero-order chi connectivity index (χ0) is 20.8. The largest absolute Gasteiger partial charge is 0.493 e. The molecule has 9 nitrogen and oxygen atoms in total. The number of halogens is 1. The van der Waals surface area contributed by atoms with Crippen molar-refractivity contribution in [3.8, 4) is 17.6 Å². The van der Waals surface area contributed by atoms with Crippen LogP contribution in [-0.2, 0) is 0 Å². The molecule has 3 aromatic rings. The predicted octanol–water partition coefficient (Wildman–Crippen LogP) is 3.08. The topological polar surface area (TPSA) is 126 Å². The van der Waals surface area contributed by atoms with E-state index in [2.05, 4.69) is 25.9 Å². The van der Waals surface area contributed by atoms with Crippen LogP contribution in [0.15, 0.2) is 42.6 Å². The number of anilines is 1. The number of allylic oxidation sites excluding steroid dienone is 1. The van der Waals surface area contributed by atoms with Gasteiger partial charge in [-0.15, -0.1) is 10.2 Å². The smallest absolute Gasteiger partial charge is 0.216 e. The van der Waals surface area contributed by atoms with Crippen LogP contribution in [0.2, 0.25) is 5.02 Å². The summed E-state index contributed by atoms with van der Waals surface area (Å²) in [7, 11) is 2.96. The average Bonchev–Trinajstić information content (AvgIpc) is 3.28. The summed E-state index contributed by atoms with van der Waals surface area (Å²) < 4.78 is 10.6. The Morgan fingerprint density at radius 1 is 1.21 bits per heavy atom. The molecule has 10 heteroatoms. The van der Waals surface area contributed by atoms with Crippen LogP contribution in [0.5, 0.6) is 11.5 Å². The van der Waals surface area contributed by atoms with Gasteiger partial charge in [-0.3, -0.25) is 4.79 Å². The highest BCUT2D eigenvalue weighted by atomic mass is 35.5. The van der Waals surface area contributed by atoms with Gasteiger partial charge in [-0.2, -0.15) is 10.5 Å². The number of benzene rings is 2. The monoisotopic (exact) mass is 410 g/mol. The number of carbonyl (C=O) groups is 1. The first kappa shape index (κ1) is 19.9. The van der Waals surface area contributed by atoms with E-state index in [1.165, 1.54) is 20.4 Å². The number of nitrogens with zero attached hydrogens (tertiary/aromatic N) is 4. The van der Waals surface area contributed by atoms with E-state index in [1.54, 1.807) is 36.4 Å². The summed E-state index contributed by atoms with van der Waals surface area (Å²) in [4.78, 5) is 13.1. The van der Waals surface area contributed by atoms with Gasteiger partial charge in [-0.1, -0.05) is 11.6 Å². The Morgan fingerprint density at radius 2 is 1.90 bits per heavy atom. The number of aromatic nitrogens is 4. The molecule has 0 saturated carbocycles. The molecular formula is C19H15ClN6O3. The number of ketones is 1. The van der Waals surface area contributed by atoms with Crippen molar-refractivity contribution >= 4 is 28.6 Å². The van der Waals surface area contributed by atoms with Gasteiger partial charge in [0, 0.05) is 28.4 Å². The summed E-state index contributed by atoms with van der Waals surface area (Å²) in [5, 5.41) is 26.1. The van der Waals surface area contributed by atoms with Gasteiger partial charge >= 0.3 is 0 Å². The molecule has 3 rings (SSSR count). The van der Waals surface area contributed by atoms with Crippen LogP contribution >= 0.6 is 11.6 Å². The van der Waals surface area contributed by atoms with E-state index in [1.807, 2.05) is 6.07 Å². The third-order valence-corrected chi connectivity index (χ3v) is 4.21. The standard InChI is InChI=1S/C19H15ClN6O3/c1-28-16-7-14(18(27)11-3-5-13(20)6-4-11)15(8-17(16)29-2)22-10-12(9-21)19-23-25-26-24-19/h3-8,10,22H,1-2H3,(H,23,24,25,26). The van der Waals surface area contributed by atoms with Crippen LogP contribution in [0.4, 0.5) is 5.69 Å². The summed E-state index contributed by atoms with van der Waals surface area (Å²) in [6.07, 6.45) is 1.38. The zero-order valence-electron chi connectivity index (χ0n) is 15.4. The number of H-pyrrole nitrogens is 1. The average molecular weight is 411 g/mol. The number of nitriles is 1. The number of methoxy groups -OCH3 is 2. The maximum atomic E-state index is 13.1. The van der Waals surface area contributed by atoms with Crippen molar-refractivity contribution in [1.82, 2.24) is 20.6 Å². The number of rotatable bonds is 7. The second kappa shape index (κ2) is 8.86. The number of tetrazole rings is 1. The molecular weight excluding hydrogens is 396 g/mol. The van der Waals surface area contributed by atoms with Crippen LogP contribution in [-0.4, -0.2) is 40.6 Å². The molecule has 1 aromatic heterocycles. The first-order valence-electron chi connectivity index (χ1n) is 8.24. The number of hydrogen-bond donors (Lipinski definition) is 2. The van der Waals surface area contributed by atoms with Gasteiger partial charge in [0.25, 0.3) is 0 Å². The van der Waals surface area contributed by atoms with Crippen molar-refractivity contribution in [2.24, 2.45) is 0 Å². The highest BCUT2D eigenvalue weighted by molar-refractivity contribution is 6.30. The van der Waals surface area contributed by atoms with Gasteiger partial charge in [0.15, 0.2) is 17.3 Å². The van der Waals surface area contributed by atoms with Crippen molar-refractivity contribution in [1.29, 1.82) is 5.26 Å². The van der Waals surface area contributed by atoms with Gasteiger partial charge in [0.05, 0.1) is 19.9 Å². The first-order chi connectivity index (χ1) is 14.1. The first-order valence-corrected chi connectivity index (χ1v) is 8.62. The number of carbonyl (C=O) groups excluding carboxylic acids is 1. The Morgan fingerprint density at radius 3 is 2.48 bits per heavy atom. The molecule has 0 aliphatic carbocycles. The van der Waals surface area contributed by atoms with Gasteiger partial charge in [-0.05, 0) is 35.5 Å². The van der Waals surface area contributed by atoms with Gasteiger partial charge in [0.2, 0.25) is 5.82 Å². The SMILES string of the molecule is COc1cc(NC=C(C#N)c2nn[nH]n2)c(C(=O)c2ccc(Cl)cc2)cc1OC. The lowest BCUT2D eigenvalue weighted by molar-refractivity contribution is 0.103. The Balaban J connectivity index is 2.05. The fourth-order valence-electron chi connectivity index (χ4n) is 2.52. The van der Waals surface area contributed by atoms with Crippen LogP contribution in [0.3, 0.4) is 0 Å². The van der Waals surface area contributed by atoms with E-state index >= 15 is 0 Å². The van der Waals surface area contributed by atoms with Crippen molar-refractivity contribution in [3.63, 3.8) is 0 Å². The molecule has 1 heterocycles. The quantitative estimate of drug-likeness (QED) is 0.449. The van der Waals surface area contributed by atoms with E-state index in [4.69, 9.17) is 21.1 Å². The number of ether oxygens (including phenoxy) is 2. The molecule has 0 amide bonds. The lowest BCUT2D eigenvalue weighted by Crippen LogP contribution is -2.07. The Hall–Kier alpha value is -3.90. The third-order valence-electron chi connectivity index (χ3n) is 3.95. The number of nitrogens with one attached hydrogen (secondary N) is 2. The molecule has 0 unspecified atom stereocenters. The summed E-state index contributed by atoms with van der Waals surface area (Å²) in [6, 6.07) is 11.6. The van der Waals surface area contributed by atoms with E-state index in [0.29, 0.717) is 33.3 Å². The molecule has 0 fully saturated rings. The summed E-state index contributed by atoms with van der Waals surface area (Å²) in [6.45, 7) is 0. The summed E-state index contributed by atoms with van der Waals surface area (Å²) in [5.41, 5.74) is 1.27. The van der Waals surface area contributed by atoms with Gasteiger partial charge in [0.1, 0.15) is 11.6 Å². The molecule has 2 N–H and O–H groups in total. The van der Waals surface area contributed by atoms with Crippen LogP contribution < -0.4 is 14.8 Å². The lowest BCUT2D eigenvalue weighted by atomic mass is 10.0. The Bertz CT molecular complexity index is 1090.